The second-order valence-corrected chi connectivity index (χ2v) is 5.53. The Morgan fingerprint density at radius 1 is 1.24 bits per heavy atom. The molecule has 116 valence electrons. The zero-order valence-corrected chi connectivity index (χ0v) is 13.3. The number of aryl methyl sites for hydroxylation is 3. The average molecular weight is 293 g/mol. The van der Waals surface area contributed by atoms with Gasteiger partial charge in [-0.1, -0.05) is 24.6 Å². The average Bonchev–Trinajstić information content (AvgIpc) is 2.36. The number of likely N-dealkylation sites (N-methyl/N-ethyl adjacent to an activating group) is 1. The highest BCUT2D eigenvalue weighted by Gasteiger charge is 2.18. The van der Waals surface area contributed by atoms with Crippen molar-refractivity contribution in [2.24, 2.45) is 5.92 Å². The van der Waals surface area contributed by atoms with Crippen LogP contribution in [0.3, 0.4) is 0 Å². The Hall–Kier alpha value is -2.04. The molecular formula is C16H23NO4. The number of nitrogens with zero attached hydrogens (tertiary/aromatic N) is 1. The van der Waals surface area contributed by atoms with Gasteiger partial charge in [0, 0.05) is 13.6 Å². The topological polar surface area (TPSA) is 66.8 Å². The first kappa shape index (κ1) is 17.0. The number of amides is 1. The van der Waals surface area contributed by atoms with Gasteiger partial charge in [0.1, 0.15) is 5.75 Å². The van der Waals surface area contributed by atoms with Crippen LogP contribution in [0.2, 0.25) is 0 Å². The maximum atomic E-state index is 12.0. The molecule has 0 heterocycles. The van der Waals surface area contributed by atoms with E-state index in [0.29, 0.717) is 5.75 Å². The molecule has 0 aliphatic carbocycles. The van der Waals surface area contributed by atoms with Crippen molar-refractivity contribution in [1.29, 1.82) is 0 Å². The molecular weight excluding hydrogens is 270 g/mol. The molecule has 0 aliphatic heterocycles. The third-order valence-electron chi connectivity index (χ3n) is 3.34. The Morgan fingerprint density at radius 3 is 2.24 bits per heavy atom. The van der Waals surface area contributed by atoms with Crippen LogP contribution in [0.25, 0.3) is 0 Å². The van der Waals surface area contributed by atoms with E-state index in [1.54, 1.807) is 14.0 Å². The number of carbonyl (C=O) groups is 2. The Morgan fingerprint density at radius 2 is 1.76 bits per heavy atom. The molecule has 0 aromatic heterocycles. The van der Waals surface area contributed by atoms with Gasteiger partial charge in [-0.2, -0.15) is 0 Å². The van der Waals surface area contributed by atoms with Gasteiger partial charge >= 0.3 is 5.97 Å². The highest BCUT2D eigenvalue weighted by Crippen LogP contribution is 2.24. The highest BCUT2D eigenvalue weighted by atomic mass is 16.5. The monoisotopic (exact) mass is 293 g/mol. The fraction of sp³-hybridized carbons (Fsp3) is 0.500. The molecule has 1 unspecified atom stereocenters. The van der Waals surface area contributed by atoms with Crippen molar-refractivity contribution in [1.82, 2.24) is 4.90 Å². The summed E-state index contributed by atoms with van der Waals surface area (Å²) in [5.41, 5.74) is 3.12. The third kappa shape index (κ3) is 4.77. The second-order valence-electron chi connectivity index (χ2n) is 5.53. The van der Waals surface area contributed by atoms with Crippen LogP contribution in [0.15, 0.2) is 12.1 Å². The molecule has 1 N–H and O–H groups in total. The van der Waals surface area contributed by atoms with Gasteiger partial charge in [0.25, 0.3) is 5.91 Å². The Labute approximate surface area is 125 Å². The highest BCUT2D eigenvalue weighted by molar-refractivity contribution is 5.78. The zero-order valence-electron chi connectivity index (χ0n) is 13.3. The van der Waals surface area contributed by atoms with Crippen LogP contribution in [0.5, 0.6) is 5.75 Å². The normalized spacial score (nSPS) is 11.9. The van der Waals surface area contributed by atoms with Crippen LogP contribution in [0, 0.1) is 26.7 Å². The molecule has 0 bridgehead atoms. The van der Waals surface area contributed by atoms with Gasteiger partial charge in [-0.05, 0) is 31.9 Å². The van der Waals surface area contributed by atoms with Crippen molar-refractivity contribution in [3.05, 3.63) is 28.8 Å². The van der Waals surface area contributed by atoms with E-state index in [2.05, 4.69) is 0 Å². The molecule has 1 rings (SSSR count). The molecule has 21 heavy (non-hydrogen) atoms. The molecule has 0 fully saturated rings. The molecule has 5 nitrogen and oxygen atoms in total. The van der Waals surface area contributed by atoms with Gasteiger partial charge in [0.15, 0.2) is 6.61 Å². The first-order valence-corrected chi connectivity index (χ1v) is 6.89. The van der Waals surface area contributed by atoms with Crippen molar-refractivity contribution < 1.29 is 19.4 Å². The van der Waals surface area contributed by atoms with E-state index in [-0.39, 0.29) is 19.1 Å². The van der Waals surface area contributed by atoms with Crippen LogP contribution < -0.4 is 4.74 Å². The minimum Gasteiger partial charge on any atom is -0.483 e. The lowest BCUT2D eigenvalue weighted by Gasteiger charge is -2.20. The summed E-state index contributed by atoms with van der Waals surface area (Å²) >= 11 is 0. The lowest BCUT2D eigenvalue weighted by Crippen LogP contribution is -2.36. The molecule has 0 saturated carbocycles. The van der Waals surface area contributed by atoms with Crippen LogP contribution >= 0.6 is 0 Å². The number of ether oxygens (including phenoxy) is 1. The Balaban J connectivity index is 2.63. The summed E-state index contributed by atoms with van der Waals surface area (Å²) in [6.45, 7) is 7.54. The Bertz CT molecular complexity index is 516. The summed E-state index contributed by atoms with van der Waals surface area (Å²) in [6.07, 6.45) is 0. The van der Waals surface area contributed by atoms with Crippen molar-refractivity contribution in [2.75, 3.05) is 20.2 Å². The molecule has 0 spiro atoms. The maximum absolute atomic E-state index is 12.0. The zero-order chi connectivity index (χ0) is 16.2. The summed E-state index contributed by atoms with van der Waals surface area (Å²) < 4.78 is 5.61. The number of hydrogen-bond donors (Lipinski definition) is 1. The van der Waals surface area contributed by atoms with Gasteiger partial charge in [-0.3, -0.25) is 9.59 Å². The van der Waals surface area contributed by atoms with E-state index >= 15 is 0 Å². The van der Waals surface area contributed by atoms with E-state index in [0.717, 1.165) is 16.7 Å². The smallest absolute Gasteiger partial charge is 0.308 e. The van der Waals surface area contributed by atoms with Gasteiger partial charge in [0.05, 0.1) is 5.92 Å². The van der Waals surface area contributed by atoms with Gasteiger partial charge in [0.2, 0.25) is 0 Å². The van der Waals surface area contributed by atoms with E-state index in [1.807, 2.05) is 32.9 Å². The van der Waals surface area contributed by atoms with E-state index in [9.17, 15) is 9.59 Å². The number of benzene rings is 1. The van der Waals surface area contributed by atoms with E-state index in [1.165, 1.54) is 4.90 Å². The predicted octanol–water partition coefficient (Wildman–Crippen LogP) is 2.17. The van der Waals surface area contributed by atoms with Crippen molar-refractivity contribution in [3.8, 4) is 5.75 Å². The van der Waals surface area contributed by atoms with Crippen molar-refractivity contribution in [3.63, 3.8) is 0 Å². The molecule has 0 aliphatic rings. The van der Waals surface area contributed by atoms with E-state index < -0.39 is 11.9 Å². The molecule has 5 heteroatoms. The molecule has 1 aromatic carbocycles. The molecule has 1 aromatic rings. The number of aliphatic carboxylic acids is 1. The summed E-state index contributed by atoms with van der Waals surface area (Å²) in [5.74, 6) is -1.03. The number of carboxylic acids is 1. The summed E-state index contributed by atoms with van der Waals surface area (Å²) in [5, 5.41) is 8.85. The Kier molecular flexibility index (Phi) is 5.76. The van der Waals surface area contributed by atoms with Crippen LogP contribution in [0.1, 0.15) is 23.6 Å². The largest absolute Gasteiger partial charge is 0.483 e. The third-order valence-corrected chi connectivity index (χ3v) is 3.34. The van der Waals surface area contributed by atoms with Crippen LogP contribution in [-0.2, 0) is 9.59 Å². The summed E-state index contributed by atoms with van der Waals surface area (Å²) in [7, 11) is 1.58. The standard InChI is InChI=1S/C16H23NO4/c1-10-6-11(2)15(12(3)7-10)21-9-14(18)17(5)8-13(4)16(19)20/h6-7,13H,8-9H2,1-5H3,(H,19,20). The van der Waals surface area contributed by atoms with Gasteiger partial charge in [-0.15, -0.1) is 0 Å². The fourth-order valence-electron chi connectivity index (χ4n) is 2.23. The van der Waals surface area contributed by atoms with Crippen LogP contribution in [-0.4, -0.2) is 42.1 Å². The number of carbonyl (C=O) groups excluding carboxylic acids is 1. The molecule has 1 amide bonds. The van der Waals surface area contributed by atoms with Crippen molar-refractivity contribution in [2.45, 2.75) is 27.7 Å². The molecule has 1 atom stereocenters. The minimum atomic E-state index is -0.916. The lowest BCUT2D eigenvalue weighted by atomic mass is 10.1. The lowest BCUT2D eigenvalue weighted by molar-refractivity contribution is -0.143. The van der Waals surface area contributed by atoms with Crippen LogP contribution in [0.4, 0.5) is 0 Å². The number of carboxylic acid groups (broad SMARTS) is 1. The fourth-order valence-corrected chi connectivity index (χ4v) is 2.23. The van der Waals surface area contributed by atoms with Gasteiger partial charge in [-0.25, -0.2) is 0 Å². The predicted molar refractivity (Wildman–Crippen MR) is 80.6 cm³/mol. The maximum Gasteiger partial charge on any atom is 0.308 e. The van der Waals surface area contributed by atoms with E-state index in [4.69, 9.17) is 9.84 Å². The quantitative estimate of drug-likeness (QED) is 0.873. The SMILES string of the molecule is Cc1cc(C)c(OCC(=O)N(C)CC(C)C(=O)O)c(C)c1. The summed E-state index contributed by atoms with van der Waals surface area (Å²) in [6, 6.07) is 4.01. The first-order valence-electron chi connectivity index (χ1n) is 6.89. The second kappa shape index (κ2) is 7.11. The minimum absolute atomic E-state index is 0.0897. The summed E-state index contributed by atoms with van der Waals surface area (Å²) in [4.78, 5) is 24.1. The molecule has 0 saturated heterocycles. The molecule has 0 radical (unpaired) electrons. The first-order chi connectivity index (χ1) is 9.72. The van der Waals surface area contributed by atoms with Gasteiger partial charge < -0.3 is 14.7 Å². The number of rotatable bonds is 6. The number of hydrogen-bond acceptors (Lipinski definition) is 3. The van der Waals surface area contributed by atoms with Crippen molar-refractivity contribution >= 4 is 11.9 Å².